The van der Waals surface area contributed by atoms with Crippen molar-refractivity contribution in [2.75, 3.05) is 13.4 Å². The Morgan fingerprint density at radius 2 is 2.06 bits per heavy atom. The molecule has 1 unspecified atom stereocenters. The lowest BCUT2D eigenvalue weighted by molar-refractivity contribution is 0.408. The molecule has 0 bridgehead atoms. The van der Waals surface area contributed by atoms with Crippen LogP contribution in [0, 0.1) is 13.8 Å². The minimum atomic E-state index is -1.13. The molecule has 0 aliphatic rings. The fourth-order valence-electron chi connectivity index (χ4n) is 1.79. The number of rotatable bonds is 2. The molecule has 1 atom stereocenters. The molecule has 1 N–H and O–H groups in total. The van der Waals surface area contributed by atoms with Gasteiger partial charge < -0.3 is 4.74 Å². The van der Waals surface area contributed by atoms with Crippen molar-refractivity contribution < 1.29 is 8.95 Å². The second-order valence-electron chi connectivity index (χ2n) is 3.56. The molecule has 2 aromatic heterocycles. The fourth-order valence-corrected chi connectivity index (χ4v) is 2.70. The third-order valence-corrected chi connectivity index (χ3v) is 3.51. The molecule has 0 saturated carbocycles. The zero-order chi connectivity index (χ0) is 11.9. The van der Waals surface area contributed by atoms with Crippen LogP contribution in [0.25, 0.3) is 11.0 Å². The quantitative estimate of drug-likeness (QED) is 0.858. The molecule has 86 valence electrons. The lowest BCUT2D eigenvalue weighted by Crippen LogP contribution is -2.00. The van der Waals surface area contributed by atoms with Crippen molar-refractivity contribution in [3.8, 4) is 5.75 Å². The van der Waals surface area contributed by atoms with Gasteiger partial charge in [0.05, 0.1) is 29.0 Å². The Morgan fingerprint density at radius 3 is 2.62 bits per heavy atom. The van der Waals surface area contributed by atoms with Crippen LogP contribution < -0.4 is 4.74 Å². The third-order valence-electron chi connectivity index (χ3n) is 2.46. The van der Waals surface area contributed by atoms with E-state index in [1.54, 1.807) is 13.4 Å². The summed E-state index contributed by atoms with van der Waals surface area (Å²) in [4.78, 5) is 4.95. The highest BCUT2D eigenvalue weighted by Crippen LogP contribution is 2.33. The second kappa shape index (κ2) is 3.86. The van der Waals surface area contributed by atoms with Gasteiger partial charge >= 0.3 is 0 Å². The van der Waals surface area contributed by atoms with Crippen LogP contribution in [-0.2, 0) is 10.8 Å². The van der Waals surface area contributed by atoms with E-state index in [1.807, 2.05) is 13.8 Å². The second-order valence-corrected chi connectivity index (χ2v) is 4.88. The van der Waals surface area contributed by atoms with Crippen LogP contribution in [-0.4, -0.2) is 32.8 Å². The first kappa shape index (κ1) is 11.1. The van der Waals surface area contributed by atoms with E-state index in [9.17, 15) is 4.21 Å². The third kappa shape index (κ3) is 1.49. The number of fused-ring (bicyclic) bond motifs is 1. The van der Waals surface area contributed by atoms with E-state index >= 15 is 0 Å². The van der Waals surface area contributed by atoms with Gasteiger partial charge in [0.15, 0.2) is 5.65 Å². The SMILES string of the molecule is COc1c(S(C)=O)c(C)nc2n[nH]c(C)c12. The van der Waals surface area contributed by atoms with E-state index in [0.29, 0.717) is 22.0 Å². The summed E-state index contributed by atoms with van der Waals surface area (Å²) in [6.07, 6.45) is 1.62. The number of aromatic nitrogens is 3. The Labute approximate surface area is 95.7 Å². The van der Waals surface area contributed by atoms with Gasteiger partial charge in [-0.1, -0.05) is 0 Å². The molecule has 0 amide bonds. The predicted octanol–water partition coefficient (Wildman–Crippen LogP) is 1.32. The van der Waals surface area contributed by atoms with Crippen LogP contribution in [0.5, 0.6) is 5.75 Å². The Bertz CT molecular complexity index is 577. The number of pyridine rings is 1. The minimum absolute atomic E-state index is 0.598. The maximum Gasteiger partial charge on any atom is 0.185 e. The minimum Gasteiger partial charge on any atom is -0.495 e. The van der Waals surface area contributed by atoms with Gasteiger partial charge in [0, 0.05) is 11.9 Å². The highest BCUT2D eigenvalue weighted by atomic mass is 32.2. The molecule has 6 heteroatoms. The number of hydrogen-bond donors (Lipinski definition) is 1. The monoisotopic (exact) mass is 239 g/mol. The van der Waals surface area contributed by atoms with Crippen LogP contribution in [0.1, 0.15) is 11.4 Å². The lowest BCUT2D eigenvalue weighted by Gasteiger charge is -2.09. The van der Waals surface area contributed by atoms with E-state index in [2.05, 4.69) is 15.2 Å². The average molecular weight is 239 g/mol. The van der Waals surface area contributed by atoms with E-state index in [1.165, 1.54) is 0 Å². The highest BCUT2D eigenvalue weighted by molar-refractivity contribution is 7.84. The standard InChI is InChI=1S/C10H13N3O2S/c1-5-7-8(15-3)9(16(4)14)6(2)11-10(7)13-12-5/h1-4H3,(H,11,12,13). The maximum absolute atomic E-state index is 11.7. The summed E-state index contributed by atoms with van der Waals surface area (Å²) in [6, 6.07) is 0. The molecule has 16 heavy (non-hydrogen) atoms. The molecule has 2 heterocycles. The fraction of sp³-hybridized carbons (Fsp3) is 0.400. The number of hydrogen-bond acceptors (Lipinski definition) is 4. The van der Waals surface area contributed by atoms with Gasteiger partial charge in [-0.15, -0.1) is 0 Å². The van der Waals surface area contributed by atoms with Crippen molar-refractivity contribution in [3.63, 3.8) is 0 Å². The number of methoxy groups -OCH3 is 1. The Hall–Kier alpha value is -1.43. The summed E-state index contributed by atoms with van der Waals surface area (Å²) >= 11 is 0. The molecule has 2 rings (SSSR count). The van der Waals surface area contributed by atoms with Crippen molar-refractivity contribution in [1.29, 1.82) is 0 Å². The molecular formula is C10H13N3O2S. The van der Waals surface area contributed by atoms with Crippen LogP contribution in [0.15, 0.2) is 4.90 Å². The first-order valence-electron chi connectivity index (χ1n) is 4.79. The van der Waals surface area contributed by atoms with Gasteiger partial charge in [-0.3, -0.25) is 9.31 Å². The van der Waals surface area contributed by atoms with Crippen molar-refractivity contribution in [2.24, 2.45) is 0 Å². The highest BCUT2D eigenvalue weighted by Gasteiger charge is 2.19. The number of ether oxygens (including phenoxy) is 1. The summed E-state index contributed by atoms with van der Waals surface area (Å²) in [7, 11) is 0.437. The molecule has 5 nitrogen and oxygen atoms in total. The normalized spacial score (nSPS) is 13.0. The van der Waals surface area contributed by atoms with Crippen LogP contribution in [0.4, 0.5) is 0 Å². The molecule has 0 spiro atoms. The number of H-pyrrole nitrogens is 1. The summed E-state index contributed by atoms with van der Waals surface area (Å²) in [6.45, 7) is 3.69. The van der Waals surface area contributed by atoms with Crippen molar-refractivity contribution >= 4 is 21.8 Å². The summed E-state index contributed by atoms with van der Waals surface area (Å²) in [5.74, 6) is 0.606. The van der Waals surface area contributed by atoms with E-state index in [-0.39, 0.29) is 0 Å². The largest absolute Gasteiger partial charge is 0.495 e. The number of aryl methyl sites for hydroxylation is 2. The number of nitrogens with one attached hydrogen (secondary N) is 1. The predicted molar refractivity (Wildman–Crippen MR) is 62.2 cm³/mol. The van der Waals surface area contributed by atoms with Gasteiger partial charge in [0.1, 0.15) is 10.6 Å². The van der Waals surface area contributed by atoms with Crippen LogP contribution >= 0.6 is 0 Å². The Morgan fingerprint density at radius 1 is 1.38 bits per heavy atom. The summed E-state index contributed by atoms with van der Waals surface area (Å²) < 4.78 is 17.0. The number of aromatic amines is 1. The Balaban J connectivity index is 2.94. The Kier molecular flexibility index (Phi) is 2.67. The maximum atomic E-state index is 11.7. The van der Waals surface area contributed by atoms with Gasteiger partial charge in [0.2, 0.25) is 0 Å². The molecule has 2 aromatic rings. The van der Waals surface area contributed by atoms with Gasteiger partial charge in [0.25, 0.3) is 0 Å². The van der Waals surface area contributed by atoms with Crippen molar-refractivity contribution in [3.05, 3.63) is 11.4 Å². The van der Waals surface area contributed by atoms with Gasteiger partial charge in [-0.2, -0.15) is 5.10 Å². The van der Waals surface area contributed by atoms with E-state index in [0.717, 1.165) is 11.1 Å². The molecule has 0 fully saturated rings. The zero-order valence-electron chi connectivity index (χ0n) is 9.62. The average Bonchev–Trinajstić information content (AvgIpc) is 2.57. The van der Waals surface area contributed by atoms with Crippen LogP contribution in [0.2, 0.25) is 0 Å². The molecule has 0 aliphatic carbocycles. The van der Waals surface area contributed by atoms with Crippen molar-refractivity contribution in [2.45, 2.75) is 18.7 Å². The molecule has 0 aliphatic heterocycles. The molecule has 0 saturated heterocycles. The summed E-state index contributed by atoms with van der Waals surface area (Å²) in [5, 5.41) is 7.73. The molecular weight excluding hydrogens is 226 g/mol. The van der Waals surface area contributed by atoms with E-state index in [4.69, 9.17) is 4.74 Å². The first-order chi connectivity index (χ1) is 7.56. The summed E-state index contributed by atoms with van der Waals surface area (Å²) in [5.41, 5.74) is 2.16. The zero-order valence-corrected chi connectivity index (χ0v) is 10.4. The number of nitrogens with zero attached hydrogens (tertiary/aromatic N) is 2. The molecule has 0 aromatic carbocycles. The molecule has 0 radical (unpaired) electrons. The van der Waals surface area contributed by atoms with Crippen LogP contribution in [0.3, 0.4) is 0 Å². The first-order valence-corrected chi connectivity index (χ1v) is 6.34. The van der Waals surface area contributed by atoms with Gasteiger partial charge in [-0.25, -0.2) is 4.98 Å². The van der Waals surface area contributed by atoms with Crippen molar-refractivity contribution in [1.82, 2.24) is 15.2 Å². The van der Waals surface area contributed by atoms with E-state index < -0.39 is 10.8 Å². The van der Waals surface area contributed by atoms with Gasteiger partial charge in [-0.05, 0) is 13.8 Å². The topological polar surface area (TPSA) is 67.9 Å². The lowest BCUT2D eigenvalue weighted by atomic mass is 10.2. The smallest absolute Gasteiger partial charge is 0.185 e.